The molecule has 1 aromatic rings. The van der Waals surface area contributed by atoms with Gasteiger partial charge in [-0.2, -0.15) is 0 Å². The molecule has 0 amide bonds. The first kappa shape index (κ1) is 8.14. The zero-order valence-electron chi connectivity index (χ0n) is 6.38. The molecule has 1 heterocycles. The van der Waals surface area contributed by atoms with E-state index < -0.39 is 0 Å². The van der Waals surface area contributed by atoms with Crippen LogP contribution in [0.15, 0.2) is 11.4 Å². The van der Waals surface area contributed by atoms with Crippen molar-refractivity contribution in [3.63, 3.8) is 0 Å². The molecule has 0 aliphatic carbocycles. The van der Waals surface area contributed by atoms with Crippen LogP contribution in [0, 0.1) is 0 Å². The average Bonchev–Trinajstić information content (AvgIpc) is 2.32. The van der Waals surface area contributed by atoms with Crippen molar-refractivity contribution in [1.29, 1.82) is 0 Å². The van der Waals surface area contributed by atoms with E-state index in [-0.39, 0.29) is 11.6 Å². The van der Waals surface area contributed by atoms with Gasteiger partial charge in [0.25, 0.3) is 0 Å². The molecule has 0 saturated heterocycles. The lowest BCUT2D eigenvalue weighted by Crippen LogP contribution is -1.98. The summed E-state index contributed by atoms with van der Waals surface area (Å²) in [7, 11) is 0. The van der Waals surface area contributed by atoms with Crippen LogP contribution in [-0.2, 0) is 0 Å². The second-order valence-electron chi connectivity index (χ2n) is 2.28. The van der Waals surface area contributed by atoms with Gasteiger partial charge in [0.05, 0.1) is 4.88 Å². The third kappa shape index (κ3) is 1.54. The molecule has 0 aromatic carbocycles. The Hall–Kier alpha value is -0.960. The van der Waals surface area contributed by atoms with Crippen LogP contribution in [0.4, 0.5) is 0 Å². The molecule has 0 aliphatic heterocycles. The number of Topliss-reactive ketones (excluding diaryl/α,β-unsaturated/α-hetero) is 2. The molecule has 0 bridgehead atoms. The van der Waals surface area contributed by atoms with Crippen molar-refractivity contribution in [2.24, 2.45) is 0 Å². The number of carbonyl (C=O) groups excluding carboxylic acids is 2. The highest BCUT2D eigenvalue weighted by atomic mass is 32.1. The molecule has 2 nitrogen and oxygen atoms in total. The Morgan fingerprint density at radius 2 is 1.91 bits per heavy atom. The molecule has 11 heavy (non-hydrogen) atoms. The summed E-state index contributed by atoms with van der Waals surface area (Å²) in [4.78, 5) is 22.3. The van der Waals surface area contributed by atoms with Gasteiger partial charge < -0.3 is 0 Å². The minimum absolute atomic E-state index is 0.0369. The van der Waals surface area contributed by atoms with Crippen LogP contribution in [-0.4, -0.2) is 11.6 Å². The topological polar surface area (TPSA) is 34.1 Å². The summed E-state index contributed by atoms with van der Waals surface area (Å²) < 4.78 is 0. The molecule has 0 fully saturated rings. The fourth-order valence-electron chi connectivity index (χ4n) is 0.859. The Morgan fingerprint density at radius 3 is 2.27 bits per heavy atom. The van der Waals surface area contributed by atoms with Gasteiger partial charge in [0.15, 0.2) is 11.6 Å². The predicted octanol–water partition coefficient (Wildman–Crippen LogP) is 2.15. The van der Waals surface area contributed by atoms with E-state index in [9.17, 15) is 9.59 Å². The molecule has 0 radical (unpaired) electrons. The summed E-state index contributed by atoms with van der Waals surface area (Å²) in [6.07, 6.45) is 0. The van der Waals surface area contributed by atoms with Gasteiger partial charge in [-0.05, 0) is 25.3 Å². The predicted molar refractivity (Wildman–Crippen MR) is 44.3 cm³/mol. The van der Waals surface area contributed by atoms with Crippen molar-refractivity contribution >= 4 is 22.9 Å². The molecule has 1 aromatic heterocycles. The molecule has 0 aliphatic rings. The van der Waals surface area contributed by atoms with Crippen molar-refractivity contribution in [3.05, 3.63) is 21.9 Å². The number of carbonyl (C=O) groups is 2. The molecule has 0 unspecified atom stereocenters. The van der Waals surface area contributed by atoms with Crippen LogP contribution in [0.25, 0.3) is 0 Å². The number of thiophene rings is 1. The summed E-state index contributed by atoms with van der Waals surface area (Å²) in [5, 5.41) is 1.76. The second-order valence-corrected chi connectivity index (χ2v) is 3.19. The third-order valence-electron chi connectivity index (χ3n) is 1.36. The van der Waals surface area contributed by atoms with Gasteiger partial charge in [-0.3, -0.25) is 9.59 Å². The van der Waals surface area contributed by atoms with E-state index in [0.717, 1.165) is 0 Å². The van der Waals surface area contributed by atoms with Crippen LogP contribution < -0.4 is 0 Å². The molecule has 0 saturated carbocycles. The molecule has 3 heteroatoms. The van der Waals surface area contributed by atoms with E-state index in [4.69, 9.17) is 0 Å². The van der Waals surface area contributed by atoms with Gasteiger partial charge >= 0.3 is 0 Å². The minimum atomic E-state index is -0.0450. The SMILES string of the molecule is CC(=O)c1ccsc1C(C)=O. The van der Waals surface area contributed by atoms with Crippen molar-refractivity contribution < 1.29 is 9.59 Å². The quantitative estimate of drug-likeness (QED) is 0.634. The van der Waals surface area contributed by atoms with E-state index >= 15 is 0 Å². The molecule has 0 atom stereocenters. The van der Waals surface area contributed by atoms with E-state index in [1.165, 1.54) is 25.2 Å². The number of ketones is 2. The standard InChI is InChI=1S/C8H8O2S/c1-5(9)7-3-4-11-8(7)6(2)10/h3-4H,1-2H3. The maximum atomic E-state index is 10.9. The summed E-state index contributed by atoms with van der Waals surface area (Å²) in [5.74, 6) is -0.0818. The second kappa shape index (κ2) is 2.96. The molecule has 58 valence electrons. The first-order chi connectivity index (χ1) is 5.13. The molecule has 1 rings (SSSR count). The average molecular weight is 168 g/mol. The summed E-state index contributed by atoms with van der Waals surface area (Å²) in [6, 6.07) is 1.68. The van der Waals surface area contributed by atoms with E-state index in [2.05, 4.69) is 0 Å². The maximum absolute atomic E-state index is 10.9. The Balaban J connectivity index is 3.16. The van der Waals surface area contributed by atoms with Gasteiger partial charge in [-0.15, -0.1) is 11.3 Å². The molecular weight excluding hydrogens is 160 g/mol. The van der Waals surface area contributed by atoms with E-state index in [1.54, 1.807) is 11.4 Å². The first-order valence-corrected chi connectivity index (χ1v) is 4.10. The lowest BCUT2D eigenvalue weighted by Gasteiger charge is -1.92. The highest BCUT2D eigenvalue weighted by molar-refractivity contribution is 7.12. The maximum Gasteiger partial charge on any atom is 0.170 e. The monoisotopic (exact) mass is 168 g/mol. The van der Waals surface area contributed by atoms with E-state index in [1.807, 2.05) is 0 Å². The van der Waals surface area contributed by atoms with Crippen molar-refractivity contribution in [1.82, 2.24) is 0 Å². The van der Waals surface area contributed by atoms with Crippen molar-refractivity contribution in [2.45, 2.75) is 13.8 Å². The van der Waals surface area contributed by atoms with Crippen LogP contribution in [0.3, 0.4) is 0 Å². The van der Waals surface area contributed by atoms with Crippen LogP contribution in [0.5, 0.6) is 0 Å². The van der Waals surface area contributed by atoms with Gasteiger partial charge in [0, 0.05) is 5.56 Å². The summed E-state index contributed by atoms with van der Waals surface area (Å²) in [6.45, 7) is 2.94. The minimum Gasteiger partial charge on any atom is -0.294 e. The van der Waals surface area contributed by atoms with E-state index in [0.29, 0.717) is 10.4 Å². The Kier molecular flexibility index (Phi) is 2.19. The highest BCUT2D eigenvalue weighted by Crippen LogP contribution is 2.17. The largest absolute Gasteiger partial charge is 0.294 e. The fraction of sp³-hybridized carbons (Fsp3) is 0.250. The Morgan fingerprint density at radius 1 is 1.27 bits per heavy atom. The normalized spacial score (nSPS) is 9.64. The lowest BCUT2D eigenvalue weighted by atomic mass is 10.1. The molecular formula is C8H8O2S. The summed E-state index contributed by atoms with van der Waals surface area (Å²) in [5.41, 5.74) is 0.544. The Bertz CT molecular complexity index is 270. The first-order valence-electron chi connectivity index (χ1n) is 3.22. The smallest absolute Gasteiger partial charge is 0.170 e. The Labute approximate surface area is 68.9 Å². The van der Waals surface area contributed by atoms with Crippen LogP contribution in [0.1, 0.15) is 33.9 Å². The fourth-order valence-corrected chi connectivity index (χ4v) is 1.70. The van der Waals surface area contributed by atoms with Crippen LogP contribution in [0.2, 0.25) is 0 Å². The van der Waals surface area contributed by atoms with Crippen molar-refractivity contribution in [2.75, 3.05) is 0 Å². The number of hydrogen-bond acceptors (Lipinski definition) is 3. The lowest BCUT2D eigenvalue weighted by molar-refractivity contribution is 0.0984. The number of rotatable bonds is 2. The zero-order chi connectivity index (χ0) is 8.43. The van der Waals surface area contributed by atoms with Gasteiger partial charge in [-0.1, -0.05) is 0 Å². The third-order valence-corrected chi connectivity index (χ3v) is 2.38. The molecule has 0 N–H and O–H groups in total. The van der Waals surface area contributed by atoms with Gasteiger partial charge in [-0.25, -0.2) is 0 Å². The van der Waals surface area contributed by atoms with Gasteiger partial charge in [0.1, 0.15) is 0 Å². The zero-order valence-corrected chi connectivity index (χ0v) is 7.20. The van der Waals surface area contributed by atoms with Crippen LogP contribution >= 0.6 is 11.3 Å². The highest BCUT2D eigenvalue weighted by Gasteiger charge is 2.11. The van der Waals surface area contributed by atoms with Gasteiger partial charge in [0.2, 0.25) is 0 Å². The summed E-state index contributed by atoms with van der Waals surface area (Å²) >= 11 is 1.32. The number of hydrogen-bond donors (Lipinski definition) is 0. The van der Waals surface area contributed by atoms with Crippen molar-refractivity contribution in [3.8, 4) is 0 Å². The molecule has 0 spiro atoms.